The lowest BCUT2D eigenvalue weighted by atomic mass is 10.2. The molecule has 0 bridgehead atoms. The zero-order valence-corrected chi connectivity index (χ0v) is 12.2. The molecule has 102 valence electrons. The maximum Gasteiger partial charge on any atom is 0.251 e. The van der Waals surface area contributed by atoms with Crippen LogP contribution in [0, 0.1) is 0 Å². The molecule has 1 aromatic rings. The fraction of sp³-hybridized carbons (Fsp3) is 0.462. The summed E-state index contributed by atoms with van der Waals surface area (Å²) in [6, 6.07) is 5.26. The summed E-state index contributed by atoms with van der Waals surface area (Å²) in [6.07, 6.45) is 0. The molecule has 0 saturated heterocycles. The van der Waals surface area contributed by atoms with E-state index in [1.54, 1.807) is 25.3 Å². The second kappa shape index (κ2) is 7.87. The summed E-state index contributed by atoms with van der Waals surface area (Å²) in [7, 11) is 1.58. The molecule has 0 unspecified atom stereocenters. The molecule has 0 aliphatic rings. The van der Waals surface area contributed by atoms with Crippen LogP contribution in [0.25, 0.3) is 0 Å². The van der Waals surface area contributed by atoms with Crippen LogP contribution in [0.1, 0.15) is 31.1 Å². The van der Waals surface area contributed by atoms with Crippen molar-refractivity contribution in [2.75, 3.05) is 13.7 Å². The van der Waals surface area contributed by atoms with Crippen LogP contribution in [0.15, 0.2) is 18.2 Å². The highest BCUT2D eigenvalue weighted by Gasteiger charge is 2.11. The lowest BCUT2D eigenvalue weighted by molar-refractivity contribution is 0.0942. The van der Waals surface area contributed by atoms with E-state index in [1.165, 1.54) is 0 Å². The molecule has 4 nitrogen and oxygen atoms in total. The Kier molecular flexibility index (Phi) is 7.27. The van der Waals surface area contributed by atoms with Crippen LogP contribution in [0.3, 0.4) is 0 Å². The molecule has 0 radical (unpaired) electrons. The highest BCUT2D eigenvalue weighted by Crippen LogP contribution is 2.27. The van der Waals surface area contributed by atoms with Crippen LogP contribution >= 0.6 is 13.5 Å². The quantitative estimate of drug-likeness (QED) is 0.894. The van der Waals surface area contributed by atoms with Gasteiger partial charge in [0.1, 0.15) is 0 Å². The Morgan fingerprint density at radius 1 is 1.33 bits per heavy atom. The average Bonchev–Trinajstić information content (AvgIpc) is 2.28. The number of carbonyl (C=O) groups is 1. The molecule has 1 N–H and O–H groups in total. The van der Waals surface area contributed by atoms with E-state index < -0.39 is 0 Å². The van der Waals surface area contributed by atoms with Gasteiger partial charge in [0, 0.05) is 11.6 Å². The molecule has 1 rings (SSSR count). The van der Waals surface area contributed by atoms with Crippen molar-refractivity contribution in [1.29, 1.82) is 0 Å². The van der Waals surface area contributed by atoms with Gasteiger partial charge in [-0.3, -0.25) is 4.79 Å². The predicted octanol–water partition coefficient (Wildman–Crippen LogP) is 2.34. The minimum absolute atomic E-state index is 0. The predicted molar refractivity (Wildman–Crippen MR) is 77.1 cm³/mol. The molecule has 0 heterocycles. The molecule has 0 aliphatic heterocycles. The monoisotopic (exact) mass is 271 g/mol. The third-order valence-corrected chi connectivity index (χ3v) is 2.15. The fourth-order valence-electron chi connectivity index (χ4n) is 1.43. The van der Waals surface area contributed by atoms with Crippen molar-refractivity contribution in [2.24, 2.45) is 0 Å². The van der Waals surface area contributed by atoms with Crippen molar-refractivity contribution in [2.45, 2.75) is 26.8 Å². The first kappa shape index (κ1) is 16.6. The molecule has 0 atom stereocenters. The molecule has 0 aliphatic carbocycles. The van der Waals surface area contributed by atoms with Crippen molar-refractivity contribution in [3.63, 3.8) is 0 Å². The van der Waals surface area contributed by atoms with E-state index in [0.717, 1.165) is 0 Å². The SMILES string of the molecule is CCOc1cc(C(=O)NC(C)C)ccc1OC.S. The molecule has 0 fully saturated rings. The van der Waals surface area contributed by atoms with Crippen LogP contribution in [-0.4, -0.2) is 25.7 Å². The van der Waals surface area contributed by atoms with E-state index in [0.29, 0.717) is 23.7 Å². The fourth-order valence-corrected chi connectivity index (χ4v) is 1.43. The first-order valence-electron chi connectivity index (χ1n) is 5.70. The summed E-state index contributed by atoms with van der Waals surface area (Å²) in [5.41, 5.74) is 0.572. The average molecular weight is 271 g/mol. The number of amides is 1. The normalized spacial score (nSPS) is 9.61. The molecule has 0 saturated carbocycles. The number of rotatable bonds is 5. The summed E-state index contributed by atoms with van der Waals surface area (Å²) in [4.78, 5) is 11.8. The molecular weight excluding hydrogens is 250 g/mol. The number of carbonyl (C=O) groups excluding carboxylic acids is 1. The summed E-state index contributed by atoms with van der Waals surface area (Å²) >= 11 is 0. The maximum atomic E-state index is 11.8. The minimum Gasteiger partial charge on any atom is -0.493 e. The summed E-state index contributed by atoms with van der Waals surface area (Å²) in [6.45, 7) is 6.27. The van der Waals surface area contributed by atoms with E-state index in [-0.39, 0.29) is 25.4 Å². The molecule has 5 heteroatoms. The van der Waals surface area contributed by atoms with Crippen LogP contribution in [0.4, 0.5) is 0 Å². The van der Waals surface area contributed by atoms with Gasteiger partial charge < -0.3 is 14.8 Å². The largest absolute Gasteiger partial charge is 0.493 e. The van der Waals surface area contributed by atoms with Crippen LogP contribution in [0.5, 0.6) is 11.5 Å². The molecule has 1 amide bonds. The van der Waals surface area contributed by atoms with Gasteiger partial charge in [-0.05, 0) is 39.0 Å². The van der Waals surface area contributed by atoms with E-state index in [2.05, 4.69) is 5.32 Å². The van der Waals surface area contributed by atoms with Gasteiger partial charge in [-0.1, -0.05) is 0 Å². The van der Waals surface area contributed by atoms with Gasteiger partial charge in [-0.15, -0.1) is 0 Å². The van der Waals surface area contributed by atoms with Gasteiger partial charge in [0.2, 0.25) is 0 Å². The topological polar surface area (TPSA) is 47.6 Å². The first-order chi connectivity index (χ1) is 8.08. The zero-order chi connectivity index (χ0) is 12.8. The van der Waals surface area contributed by atoms with Gasteiger partial charge in [-0.2, -0.15) is 13.5 Å². The van der Waals surface area contributed by atoms with Crippen molar-refractivity contribution in [1.82, 2.24) is 5.32 Å². The molecule has 0 spiro atoms. The molecular formula is C13H21NO3S. The van der Waals surface area contributed by atoms with Crippen molar-refractivity contribution >= 4 is 19.4 Å². The van der Waals surface area contributed by atoms with Gasteiger partial charge in [0.05, 0.1) is 13.7 Å². The third kappa shape index (κ3) is 4.49. The Balaban J connectivity index is 0.00000289. The van der Waals surface area contributed by atoms with Crippen molar-refractivity contribution in [3.8, 4) is 11.5 Å². The van der Waals surface area contributed by atoms with Gasteiger partial charge >= 0.3 is 0 Å². The summed E-state index contributed by atoms with van der Waals surface area (Å²) in [5.74, 6) is 1.11. The van der Waals surface area contributed by atoms with Crippen LogP contribution in [-0.2, 0) is 0 Å². The van der Waals surface area contributed by atoms with E-state index in [4.69, 9.17) is 9.47 Å². The summed E-state index contributed by atoms with van der Waals surface area (Å²) < 4.78 is 10.6. The van der Waals surface area contributed by atoms with E-state index >= 15 is 0 Å². The Morgan fingerprint density at radius 3 is 2.50 bits per heavy atom. The lowest BCUT2D eigenvalue weighted by Crippen LogP contribution is -2.30. The summed E-state index contributed by atoms with van der Waals surface area (Å²) in [5, 5.41) is 2.83. The minimum atomic E-state index is -0.108. The lowest BCUT2D eigenvalue weighted by Gasteiger charge is -2.12. The van der Waals surface area contributed by atoms with Crippen molar-refractivity contribution in [3.05, 3.63) is 23.8 Å². The standard InChI is InChI=1S/C13H19NO3.H2S/c1-5-17-12-8-10(6-7-11(12)16-4)13(15)14-9(2)3;/h6-9H,5H2,1-4H3,(H,14,15);1H2. The molecule has 1 aromatic carbocycles. The highest BCUT2D eigenvalue weighted by atomic mass is 32.1. The van der Waals surface area contributed by atoms with E-state index in [1.807, 2.05) is 20.8 Å². The van der Waals surface area contributed by atoms with Crippen LogP contribution in [0.2, 0.25) is 0 Å². The van der Waals surface area contributed by atoms with Gasteiger partial charge in [-0.25, -0.2) is 0 Å². The van der Waals surface area contributed by atoms with Gasteiger partial charge in [0.15, 0.2) is 11.5 Å². The van der Waals surface area contributed by atoms with Crippen molar-refractivity contribution < 1.29 is 14.3 Å². The Hall–Kier alpha value is -1.36. The molecule has 18 heavy (non-hydrogen) atoms. The number of hydrogen-bond acceptors (Lipinski definition) is 3. The second-order valence-corrected chi connectivity index (χ2v) is 3.93. The Labute approximate surface area is 115 Å². The second-order valence-electron chi connectivity index (χ2n) is 3.93. The smallest absolute Gasteiger partial charge is 0.251 e. The van der Waals surface area contributed by atoms with E-state index in [9.17, 15) is 4.79 Å². The highest BCUT2D eigenvalue weighted by molar-refractivity contribution is 7.59. The Morgan fingerprint density at radius 2 is 2.00 bits per heavy atom. The van der Waals surface area contributed by atoms with Crippen LogP contribution < -0.4 is 14.8 Å². The number of ether oxygens (including phenoxy) is 2. The first-order valence-corrected chi connectivity index (χ1v) is 5.70. The Bertz CT molecular complexity index is 394. The zero-order valence-electron chi connectivity index (χ0n) is 11.2. The maximum absolute atomic E-state index is 11.8. The number of nitrogens with one attached hydrogen (secondary N) is 1. The van der Waals surface area contributed by atoms with Gasteiger partial charge in [0.25, 0.3) is 5.91 Å². The number of benzene rings is 1. The third-order valence-electron chi connectivity index (χ3n) is 2.15. The molecule has 0 aromatic heterocycles. The number of methoxy groups -OCH3 is 1. The number of hydrogen-bond donors (Lipinski definition) is 1.